The average molecular weight is 683 g/mol. The van der Waals surface area contributed by atoms with Crippen molar-refractivity contribution in [3.63, 3.8) is 0 Å². The Balaban J connectivity index is 1.14. The van der Waals surface area contributed by atoms with Gasteiger partial charge >= 0.3 is 0 Å². The molecular weight excluding hydrogens is 651 g/mol. The molecule has 0 aliphatic rings. The molecule has 52 heavy (non-hydrogen) atoms. The van der Waals surface area contributed by atoms with Gasteiger partial charge in [0.25, 0.3) is 0 Å². The van der Waals surface area contributed by atoms with Crippen molar-refractivity contribution >= 4 is 52.2 Å². The first-order valence-corrected chi connectivity index (χ1v) is 19.1. The SMILES string of the molecule is C[s+]1c2cc3ccccc3cc2c2cccc(-c3nc(-c4ccc(-c5ccccc5)cc4)nc(-c4ccc(-c5cccc6ccccc56)cc4)n3)c21. The van der Waals surface area contributed by atoms with Crippen molar-refractivity contribution in [1.82, 2.24) is 15.0 Å². The zero-order valence-electron chi connectivity index (χ0n) is 28.5. The molecule has 0 radical (unpaired) electrons. The predicted molar refractivity (Wildman–Crippen MR) is 220 cm³/mol. The second kappa shape index (κ2) is 12.4. The van der Waals surface area contributed by atoms with Gasteiger partial charge in [0.05, 0.1) is 5.56 Å². The van der Waals surface area contributed by atoms with Crippen LogP contribution in [0.3, 0.4) is 0 Å². The fourth-order valence-corrected chi connectivity index (χ4v) is 9.54. The predicted octanol–water partition coefficient (Wildman–Crippen LogP) is 13.1. The molecule has 3 nitrogen and oxygen atoms in total. The summed E-state index contributed by atoms with van der Waals surface area (Å²) < 4.78 is 2.66. The number of fused-ring (bicyclic) bond motifs is 5. The lowest BCUT2D eigenvalue weighted by atomic mass is 9.97. The summed E-state index contributed by atoms with van der Waals surface area (Å²) in [7, 11) is -0.154. The maximum Gasteiger partial charge on any atom is 0.192 e. The van der Waals surface area contributed by atoms with E-state index in [1.54, 1.807) is 0 Å². The Morgan fingerprint density at radius 2 is 0.846 bits per heavy atom. The van der Waals surface area contributed by atoms with E-state index in [1.165, 1.54) is 52.8 Å². The number of thiophene rings is 1. The highest BCUT2D eigenvalue weighted by atomic mass is 32.2. The second-order valence-corrected chi connectivity index (χ2v) is 15.1. The van der Waals surface area contributed by atoms with E-state index in [0.29, 0.717) is 17.5 Å². The molecule has 0 spiro atoms. The van der Waals surface area contributed by atoms with E-state index < -0.39 is 0 Å². The van der Waals surface area contributed by atoms with Crippen LogP contribution in [0.15, 0.2) is 176 Å². The highest BCUT2D eigenvalue weighted by Gasteiger charge is 2.25. The summed E-state index contributed by atoms with van der Waals surface area (Å²) in [6, 6.07) is 62.6. The molecule has 8 aromatic carbocycles. The standard InChI is InChI=1S/C48H32N3S/c1-52-44-30-38-15-6-5-14-37(38)29-43(44)41-19-10-20-42(45(41)52)48-50-46(35-25-21-32(22-26-35)31-11-3-2-4-12-31)49-47(51-48)36-27-23-34(24-28-36)40-18-9-16-33-13-7-8-17-39(33)40/h2-30H,1H3/q+1. The van der Waals surface area contributed by atoms with Crippen LogP contribution < -0.4 is 0 Å². The van der Waals surface area contributed by atoms with Gasteiger partial charge in [-0.25, -0.2) is 15.0 Å². The summed E-state index contributed by atoms with van der Waals surface area (Å²) in [5.74, 6) is 2.01. The van der Waals surface area contributed by atoms with Gasteiger partial charge < -0.3 is 0 Å². The number of hydrogen-bond donors (Lipinski definition) is 0. The van der Waals surface area contributed by atoms with Gasteiger partial charge in [0, 0.05) is 28.0 Å². The van der Waals surface area contributed by atoms with Crippen molar-refractivity contribution in [2.75, 3.05) is 0 Å². The Kier molecular flexibility index (Phi) is 7.22. The Hall–Kier alpha value is -6.49. The number of rotatable bonds is 5. The van der Waals surface area contributed by atoms with Gasteiger partial charge in [-0.2, -0.15) is 0 Å². The molecular formula is C48H32N3S+. The van der Waals surface area contributed by atoms with Crippen LogP contribution in [0.5, 0.6) is 0 Å². The Bertz CT molecular complexity index is 2940. The zero-order valence-corrected chi connectivity index (χ0v) is 29.3. The molecule has 0 amide bonds. The minimum absolute atomic E-state index is 0.154. The van der Waals surface area contributed by atoms with Gasteiger partial charge in [-0.3, -0.25) is 0 Å². The van der Waals surface area contributed by atoms with Crippen LogP contribution in [0.1, 0.15) is 0 Å². The first-order chi connectivity index (χ1) is 25.7. The Labute approximate surface area is 304 Å². The molecule has 0 aliphatic heterocycles. The summed E-state index contributed by atoms with van der Waals surface area (Å²) in [6.07, 6.45) is 2.33. The van der Waals surface area contributed by atoms with Gasteiger partial charge in [0.15, 0.2) is 26.9 Å². The number of benzene rings is 8. The van der Waals surface area contributed by atoms with Crippen LogP contribution in [0.25, 0.3) is 98.1 Å². The fraction of sp³-hybridized carbons (Fsp3) is 0.0208. The van der Waals surface area contributed by atoms with E-state index >= 15 is 0 Å². The second-order valence-electron chi connectivity index (χ2n) is 13.2. The molecule has 0 saturated carbocycles. The first kappa shape index (κ1) is 30.3. The van der Waals surface area contributed by atoms with Crippen LogP contribution in [0.2, 0.25) is 0 Å². The monoisotopic (exact) mass is 682 g/mol. The van der Waals surface area contributed by atoms with Crippen LogP contribution in [-0.4, -0.2) is 15.0 Å². The molecule has 0 N–H and O–H groups in total. The molecule has 0 bridgehead atoms. The maximum atomic E-state index is 5.23. The normalized spacial score (nSPS) is 11.9. The lowest BCUT2D eigenvalue weighted by Gasteiger charge is -2.10. The number of nitrogens with zero attached hydrogens (tertiary/aromatic N) is 3. The molecule has 2 heterocycles. The summed E-state index contributed by atoms with van der Waals surface area (Å²) >= 11 is 0. The number of aromatic nitrogens is 3. The molecule has 1 unspecified atom stereocenters. The highest BCUT2D eigenvalue weighted by Crippen LogP contribution is 2.46. The van der Waals surface area contributed by atoms with Crippen LogP contribution in [0.4, 0.5) is 0 Å². The smallest absolute Gasteiger partial charge is 0.192 e. The van der Waals surface area contributed by atoms with Gasteiger partial charge in [0.1, 0.15) is 6.26 Å². The van der Waals surface area contributed by atoms with E-state index in [1.807, 2.05) is 6.07 Å². The minimum atomic E-state index is -0.154. The van der Waals surface area contributed by atoms with E-state index in [9.17, 15) is 0 Å². The van der Waals surface area contributed by atoms with Gasteiger partial charge in [0.2, 0.25) is 0 Å². The van der Waals surface area contributed by atoms with Crippen molar-refractivity contribution in [2.45, 2.75) is 0 Å². The summed E-state index contributed by atoms with van der Waals surface area (Å²) in [6.45, 7) is 0. The summed E-state index contributed by atoms with van der Waals surface area (Å²) in [4.78, 5) is 15.6. The first-order valence-electron chi connectivity index (χ1n) is 17.5. The van der Waals surface area contributed by atoms with Crippen molar-refractivity contribution in [3.8, 4) is 56.4 Å². The maximum absolute atomic E-state index is 5.23. The molecule has 10 aromatic rings. The van der Waals surface area contributed by atoms with E-state index in [2.05, 4.69) is 176 Å². The average Bonchev–Trinajstić information content (AvgIpc) is 3.50. The van der Waals surface area contributed by atoms with E-state index in [4.69, 9.17) is 15.0 Å². The summed E-state index contributed by atoms with van der Waals surface area (Å²) in [5, 5.41) is 7.56. The molecule has 0 fully saturated rings. The topological polar surface area (TPSA) is 38.7 Å². The fourth-order valence-electron chi connectivity index (χ4n) is 7.52. The van der Waals surface area contributed by atoms with E-state index in [-0.39, 0.29) is 10.5 Å². The third kappa shape index (κ3) is 5.15. The highest BCUT2D eigenvalue weighted by molar-refractivity contribution is 7.42. The molecule has 10 rings (SSSR count). The molecule has 244 valence electrons. The lowest BCUT2D eigenvalue weighted by molar-refractivity contribution is 1.08. The van der Waals surface area contributed by atoms with Crippen LogP contribution in [0, 0.1) is 0 Å². The van der Waals surface area contributed by atoms with Gasteiger partial charge in [-0.15, -0.1) is 0 Å². The lowest BCUT2D eigenvalue weighted by Crippen LogP contribution is -2.00. The molecule has 1 atom stereocenters. The van der Waals surface area contributed by atoms with Crippen molar-refractivity contribution in [1.29, 1.82) is 0 Å². The Morgan fingerprint density at radius 1 is 0.346 bits per heavy atom. The van der Waals surface area contributed by atoms with Crippen molar-refractivity contribution < 1.29 is 0 Å². The van der Waals surface area contributed by atoms with Crippen molar-refractivity contribution in [3.05, 3.63) is 176 Å². The third-order valence-corrected chi connectivity index (χ3v) is 12.2. The number of hydrogen-bond acceptors (Lipinski definition) is 3. The summed E-state index contributed by atoms with van der Waals surface area (Å²) in [5.41, 5.74) is 7.67. The largest absolute Gasteiger partial charge is 0.208 e. The van der Waals surface area contributed by atoms with E-state index in [0.717, 1.165) is 27.8 Å². The molecule has 0 saturated heterocycles. The van der Waals surface area contributed by atoms with Crippen LogP contribution >= 0.6 is 10.5 Å². The molecule has 2 aromatic heterocycles. The number of aryl methyl sites for hydroxylation is 1. The van der Waals surface area contributed by atoms with Gasteiger partial charge in [-0.1, -0.05) is 152 Å². The molecule has 0 aliphatic carbocycles. The third-order valence-electron chi connectivity index (χ3n) is 10.2. The van der Waals surface area contributed by atoms with Crippen molar-refractivity contribution in [2.24, 2.45) is 6.26 Å². The quantitative estimate of drug-likeness (QED) is 0.170. The van der Waals surface area contributed by atoms with Gasteiger partial charge in [-0.05, 0) is 72.5 Å². The zero-order chi connectivity index (χ0) is 34.6. The molecule has 4 heteroatoms. The van der Waals surface area contributed by atoms with Crippen LogP contribution in [-0.2, 0) is 6.26 Å². The minimum Gasteiger partial charge on any atom is -0.208 e. The Morgan fingerprint density at radius 3 is 1.58 bits per heavy atom.